The fraction of sp³-hybridized carbons (Fsp3) is 0.588. The van der Waals surface area contributed by atoms with Gasteiger partial charge in [-0.1, -0.05) is 40.9 Å². The number of halogens is 1. The quantitative estimate of drug-likeness (QED) is 0.765. The summed E-state index contributed by atoms with van der Waals surface area (Å²) in [7, 11) is 0. The largest absolute Gasteiger partial charge is 0.300 e. The molecule has 2 atom stereocenters. The molecule has 2 nitrogen and oxygen atoms in total. The van der Waals surface area contributed by atoms with E-state index in [2.05, 4.69) is 20.8 Å². The zero-order chi connectivity index (χ0) is 13.9. The van der Waals surface area contributed by atoms with Crippen LogP contribution >= 0.6 is 15.9 Å². The molecule has 0 aromatic heterocycles. The van der Waals surface area contributed by atoms with Crippen molar-refractivity contribution in [3.8, 4) is 0 Å². The molecule has 2 fully saturated rings. The molecule has 1 aliphatic carbocycles. The Morgan fingerprint density at radius 1 is 1.25 bits per heavy atom. The summed E-state index contributed by atoms with van der Waals surface area (Å²) in [6.07, 6.45) is 7.52. The molecule has 1 saturated heterocycles. The molecular formula is C17H22BrNO. The van der Waals surface area contributed by atoms with Crippen LogP contribution in [0, 0.1) is 5.92 Å². The Labute approximate surface area is 129 Å². The fourth-order valence-corrected chi connectivity index (χ4v) is 4.23. The van der Waals surface area contributed by atoms with Crippen LogP contribution in [-0.4, -0.2) is 29.8 Å². The summed E-state index contributed by atoms with van der Waals surface area (Å²) in [5, 5.41) is 0. The third-order valence-electron chi connectivity index (χ3n) is 4.90. The van der Waals surface area contributed by atoms with E-state index < -0.39 is 0 Å². The summed E-state index contributed by atoms with van der Waals surface area (Å²) in [6, 6.07) is 8.50. The predicted molar refractivity (Wildman–Crippen MR) is 85.0 cm³/mol. The van der Waals surface area contributed by atoms with Crippen molar-refractivity contribution in [2.24, 2.45) is 5.92 Å². The van der Waals surface area contributed by atoms with Gasteiger partial charge in [-0.3, -0.25) is 9.69 Å². The van der Waals surface area contributed by atoms with Gasteiger partial charge >= 0.3 is 0 Å². The van der Waals surface area contributed by atoms with Crippen LogP contribution in [0.3, 0.4) is 0 Å². The molecule has 1 saturated carbocycles. The minimum absolute atomic E-state index is 0.269. The summed E-state index contributed by atoms with van der Waals surface area (Å²) in [5.74, 6) is 1.18. The average molecular weight is 336 g/mol. The normalized spacial score (nSPS) is 26.4. The van der Waals surface area contributed by atoms with Crippen LogP contribution in [0.4, 0.5) is 0 Å². The number of hydrogen-bond acceptors (Lipinski definition) is 2. The van der Waals surface area contributed by atoms with Crippen molar-refractivity contribution in [1.82, 2.24) is 4.90 Å². The van der Waals surface area contributed by atoms with Gasteiger partial charge in [-0.15, -0.1) is 0 Å². The highest BCUT2D eigenvalue weighted by Gasteiger charge is 2.35. The summed E-state index contributed by atoms with van der Waals surface area (Å²) in [5.41, 5.74) is 0.832. The number of ketones is 1. The number of hydrogen-bond donors (Lipinski definition) is 0. The van der Waals surface area contributed by atoms with Crippen LogP contribution in [0.25, 0.3) is 0 Å². The number of rotatable bonds is 4. The molecular weight excluding hydrogens is 314 g/mol. The van der Waals surface area contributed by atoms with E-state index in [0.29, 0.717) is 6.42 Å². The van der Waals surface area contributed by atoms with Gasteiger partial charge in [0.2, 0.25) is 0 Å². The molecule has 0 spiro atoms. The van der Waals surface area contributed by atoms with Gasteiger partial charge in [-0.05, 0) is 43.9 Å². The van der Waals surface area contributed by atoms with Crippen LogP contribution in [-0.2, 0) is 0 Å². The molecule has 0 amide bonds. The van der Waals surface area contributed by atoms with E-state index in [1.807, 2.05) is 24.3 Å². The van der Waals surface area contributed by atoms with E-state index in [-0.39, 0.29) is 5.78 Å². The Bertz CT molecular complexity index is 488. The van der Waals surface area contributed by atoms with Crippen molar-refractivity contribution in [3.63, 3.8) is 0 Å². The van der Waals surface area contributed by atoms with Gasteiger partial charge in [0.25, 0.3) is 0 Å². The van der Waals surface area contributed by atoms with Gasteiger partial charge in [0.05, 0.1) is 0 Å². The standard InChI is InChI=1S/C17H22BrNO/c18-15-6-3-5-14(12-15)17(20)9-11-19-10-8-13-4-1-2-7-16(13)19/h3,5-6,12-13,16H,1-2,4,7-11H2. The van der Waals surface area contributed by atoms with Crippen molar-refractivity contribution in [3.05, 3.63) is 34.3 Å². The monoisotopic (exact) mass is 335 g/mol. The van der Waals surface area contributed by atoms with Crippen LogP contribution in [0.5, 0.6) is 0 Å². The molecule has 2 unspecified atom stereocenters. The van der Waals surface area contributed by atoms with Crippen molar-refractivity contribution in [1.29, 1.82) is 0 Å². The Morgan fingerprint density at radius 3 is 2.95 bits per heavy atom. The lowest BCUT2D eigenvalue weighted by Gasteiger charge is -2.31. The number of fused-ring (bicyclic) bond motifs is 1. The SMILES string of the molecule is O=C(CCN1CCC2CCCCC21)c1cccc(Br)c1. The van der Waals surface area contributed by atoms with Crippen molar-refractivity contribution >= 4 is 21.7 Å². The first-order chi connectivity index (χ1) is 9.74. The number of likely N-dealkylation sites (tertiary alicyclic amines) is 1. The second kappa shape index (κ2) is 6.40. The highest BCUT2D eigenvalue weighted by molar-refractivity contribution is 9.10. The van der Waals surface area contributed by atoms with Gasteiger partial charge in [-0.25, -0.2) is 0 Å². The minimum atomic E-state index is 0.269. The predicted octanol–water partition coefficient (Wildman–Crippen LogP) is 4.29. The zero-order valence-corrected chi connectivity index (χ0v) is 13.4. The van der Waals surface area contributed by atoms with Gasteiger partial charge < -0.3 is 0 Å². The van der Waals surface area contributed by atoms with Crippen LogP contribution in [0.15, 0.2) is 28.7 Å². The maximum absolute atomic E-state index is 12.3. The molecule has 1 aromatic carbocycles. The summed E-state index contributed by atoms with van der Waals surface area (Å²) in [4.78, 5) is 14.8. The Kier molecular flexibility index (Phi) is 4.57. The van der Waals surface area contributed by atoms with E-state index in [0.717, 1.165) is 28.5 Å². The number of nitrogens with zero attached hydrogens (tertiary/aromatic N) is 1. The summed E-state index contributed by atoms with van der Waals surface area (Å²) in [6.45, 7) is 2.13. The van der Waals surface area contributed by atoms with Crippen LogP contribution < -0.4 is 0 Å². The van der Waals surface area contributed by atoms with Crippen molar-refractivity contribution < 1.29 is 4.79 Å². The molecule has 0 bridgehead atoms. The van der Waals surface area contributed by atoms with Crippen LogP contribution in [0.1, 0.15) is 48.9 Å². The van der Waals surface area contributed by atoms with Gasteiger partial charge in [0.15, 0.2) is 5.78 Å². The van der Waals surface area contributed by atoms with Gasteiger partial charge in [0, 0.05) is 29.0 Å². The second-order valence-electron chi connectivity index (χ2n) is 6.12. The highest BCUT2D eigenvalue weighted by atomic mass is 79.9. The molecule has 20 heavy (non-hydrogen) atoms. The first kappa shape index (κ1) is 14.3. The lowest BCUT2D eigenvalue weighted by atomic mass is 9.85. The average Bonchev–Trinajstić information content (AvgIpc) is 2.88. The lowest BCUT2D eigenvalue weighted by molar-refractivity contribution is 0.0951. The van der Waals surface area contributed by atoms with E-state index in [1.54, 1.807) is 0 Å². The third-order valence-corrected chi connectivity index (χ3v) is 5.39. The number of benzene rings is 1. The molecule has 108 valence electrons. The molecule has 3 rings (SSSR count). The second-order valence-corrected chi connectivity index (χ2v) is 7.04. The third kappa shape index (κ3) is 3.15. The van der Waals surface area contributed by atoms with Gasteiger partial charge in [-0.2, -0.15) is 0 Å². The maximum Gasteiger partial charge on any atom is 0.164 e. The van der Waals surface area contributed by atoms with Gasteiger partial charge in [0.1, 0.15) is 0 Å². The summed E-state index contributed by atoms with van der Waals surface area (Å²) >= 11 is 3.43. The van der Waals surface area contributed by atoms with Crippen LogP contribution in [0.2, 0.25) is 0 Å². The fourth-order valence-electron chi connectivity index (χ4n) is 3.83. The van der Waals surface area contributed by atoms with E-state index in [1.165, 1.54) is 38.6 Å². The zero-order valence-electron chi connectivity index (χ0n) is 11.9. The molecule has 0 radical (unpaired) electrons. The molecule has 3 heteroatoms. The molecule has 1 heterocycles. The summed E-state index contributed by atoms with van der Waals surface area (Å²) < 4.78 is 0.983. The Hall–Kier alpha value is -0.670. The first-order valence-corrected chi connectivity index (χ1v) is 8.56. The minimum Gasteiger partial charge on any atom is -0.300 e. The molecule has 0 N–H and O–H groups in total. The van der Waals surface area contributed by atoms with E-state index in [9.17, 15) is 4.79 Å². The Morgan fingerprint density at radius 2 is 2.10 bits per heavy atom. The number of Topliss-reactive ketones (excluding diaryl/α,β-unsaturated/α-hetero) is 1. The van der Waals surface area contributed by atoms with Crippen molar-refractivity contribution in [2.75, 3.05) is 13.1 Å². The molecule has 1 aliphatic heterocycles. The van der Waals surface area contributed by atoms with Crippen molar-refractivity contribution in [2.45, 2.75) is 44.6 Å². The number of carbonyl (C=O) groups is 1. The maximum atomic E-state index is 12.3. The van der Waals surface area contributed by atoms with E-state index >= 15 is 0 Å². The topological polar surface area (TPSA) is 20.3 Å². The van der Waals surface area contributed by atoms with E-state index in [4.69, 9.17) is 0 Å². The Balaban J connectivity index is 1.55. The molecule has 1 aromatic rings. The molecule has 2 aliphatic rings. The lowest BCUT2D eigenvalue weighted by Crippen LogP contribution is -2.36. The first-order valence-electron chi connectivity index (χ1n) is 7.77. The number of carbonyl (C=O) groups excluding carboxylic acids is 1. The smallest absolute Gasteiger partial charge is 0.164 e. The highest BCUT2D eigenvalue weighted by Crippen LogP contribution is 2.36.